The van der Waals surface area contributed by atoms with Crippen LogP contribution in [0.3, 0.4) is 0 Å². The highest BCUT2D eigenvalue weighted by Crippen LogP contribution is 2.23. The number of anilines is 1. The van der Waals surface area contributed by atoms with Crippen molar-refractivity contribution in [2.75, 3.05) is 18.1 Å². The molecule has 3 aromatic rings. The van der Waals surface area contributed by atoms with Crippen LogP contribution in [0.1, 0.15) is 11.1 Å². The molecule has 1 aromatic carbocycles. The zero-order valence-corrected chi connectivity index (χ0v) is 13.9. The number of fused-ring (bicyclic) bond motifs is 1. The Hall–Kier alpha value is -2.34. The molecule has 0 aliphatic heterocycles. The van der Waals surface area contributed by atoms with E-state index in [0.717, 1.165) is 11.9 Å². The van der Waals surface area contributed by atoms with Crippen LogP contribution in [-0.4, -0.2) is 31.2 Å². The third-order valence-corrected chi connectivity index (χ3v) is 4.98. The van der Waals surface area contributed by atoms with Gasteiger partial charge in [-0.05, 0) is 42.7 Å². The predicted molar refractivity (Wildman–Crippen MR) is 92.6 cm³/mol. The molecular formula is C17H19N3O2S. The van der Waals surface area contributed by atoms with Crippen molar-refractivity contribution < 1.29 is 8.42 Å². The van der Waals surface area contributed by atoms with E-state index < -0.39 is 9.84 Å². The second-order valence-electron chi connectivity index (χ2n) is 5.61. The van der Waals surface area contributed by atoms with Gasteiger partial charge in [-0.3, -0.25) is 0 Å². The van der Waals surface area contributed by atoms with Crippen LogP contribution in [0.4, 0.5) is 5.82 Å². The Balaban J connectivity index is 1.78. The molecule has 0 radical (unpaired) electrons. The number of hydrogen-bond acceptors (Lipinski definition) is 4. The number of hydrogen-bond donors (Lipinski definition) is 2. The summed E-state index contributed by atoms with van der Waals surface area (Å²) in [6.45, 7) is 2.70. The lowest BCUT2D eigenvalue weighted by Crippen LogP contribution is -2.10. The van der Waals surface area contributed by atoms with E-state index in [1.165, 1.54) is 22.8 Å². The zero-order valence-electron chi connectivity index (χ0n) is 13.1. The van der Waals surface area contributed by atoms with Gasteiger partial charge in [0, 0.05) is 36.1 Å². The molecule has 0 atom stereocenters. The van der Waals surface area contributed by atoms with Gasteiger partial charge in [0.1, 0.15) is 10.7 Å². The van der Waals surface area contributed by atoms with E-state index in [2.05, 4.69) is 34.3 Å². The van der Waals surface area contributed by atoms with E-state index in [9.17, 15) is 8.42 Å². The van der Waals surface area contributed by atoms with Crippen molar-refractivity contribution in [2.45, 2.75) is 18.2 Å². The molecule has 0 bridgehead atoms. The second-order valence-corrected chi connectivity index (χ2v) is 7.59. The van der Waals surface area contributed by atoms with E-state index in [4.69, 9.17) is 0 Å². The fourth-order valence-electron chi connectivity index (χ4n) is 2.79. The molecule has 0 unspecified atom stereocenters. The fraction of sp³-hybridized carbons (Fsp3) is 0.235. The van der Waals surface area contributed by atoms with Crippen molar-refractivity contribution in [1.29, 1.82) is 0 Å². The van der Waals surface area contributed by atoms with E-state index in [1.807, 2.05) is 12.3 Å². The van der Waals surface area contributed by atoms with Gasteiger partial charge in [-0.1, -0.05) is 12.1 Å². The van der Waals surface area contributed by atoms with Crippen molar-refractivity contribution in [3.8, 4) is 0 Å². The van der Waals surface area contributed by atoms with Gasteiger partial charge in [0.05, 0.1) is 0 Å². The molecule has 6 heteroatoms. The van der Waals surface area contributed by atoms with Crippen molar-refractivity contribution in [3.63, 3.8) is 0 Å². The van der Waals surface area contributed by atoms with Crippen molar-refractivity contribution in [1.82, 2.24) is 9.97 Å². The molecule has 120 valence electrons. The van der Waals surface area contributed by atoms with Crippen LogP contribution in [0.25, 0.3) is 10.9 Å². The minimum atomic E-state index is -3.29. The van der Waals surface area contributed by atoms with Crippen LogP contribution in [0.5, 0.6) is 0 Å². The average Bonchev–Trinajstić information content (AvgIpc) is 2.91. The summed E-state index contributed by atoms with van der Waals surface area (Å²) in [5, 5.41) is 4.37. The molecule has 0 fully saturated rings. The summed E-state index contributed by atoms with van der Waals surface area (Å²) in [6.07, 6.45) is 5.57. The molecule has 2 heterocycles. The van der Waals surface area contributed by atoms with Gasteiger partial charge in [-0.25, -0.2) is 13.4 Å². The first kappa shape index (κ1) is 15.6. The van der Waals surface area contributed by atoms with E-state index >= 15 is 0 Å². The van der Waals surface area contributed by atoms with Crippen molar-refractivity contribution in [2.24, 2.45) is 0 Å². The third-order valence-electron chi connectivity index (χ3n) is 3.85. The molecule has 0 aliphatic carbocycles. The molecule has 5 nitrogen and oxygen atoms in total. The lowest BCUT2D eigenvalue weighted by molar-refractivity contribution is 0.602. The van der Waals surface area contributed by atoms with Crippen LogP contribution < -0.4 is 5.32 Å². The molecule has 0 saturated carbocycles. The van der Waals surface area contributed by atoms with E-state index in [-0.39, 0.29) is 4.90 Å². The summed E-state index contributed by atoms with van der Waals surface area (Å²) < 4.78 is 23.6. The number of pyridine rings is 1. The minimum absolute atomic E-state index is 0.232. The summed E-state index contributed by atoms with van der Waals surface area (Å²) in [5.41, 5.74) is 3.56. The van der Waals surface area contributed by atoms with Gasteiger partial charge in [0.15, 0.2) is 9.84 Å². The van der Waals surface area contributed by atoms with Crippen LogP contribution in [0.15, 0.2) is 47.6 Å². The number of nitrogens with zero attached hydrogens (tertiary/aromatic N) is 1. The highest BCUT2D eigenvalue weighted by atomic mass is 32.2. The summed E-state index contributed by atoms with van der Waals surface area (Å²) in [7, 11) is -3.29. The lowest BCUT2D eigenvalue weighted by Gasteiger charge is -2.09. The molecule has 2 N–H and O–H groups in total. The Labute approximate surface area is 135 Å². The Morgan fingerprint density at radius 1 is 1.22 bits per heavy atom. The van der Waals surface area contributed by atoms with Crippen LogP contribution >= 0.6 is 0 Å². The first-order valence-electron chi connectivity index (χ1n) is 7.41. The van der Waals surface area contributed by atoms with Gasteiger partial charge < -0.3 is 10.3 Å². The summed E-state index contributed by atoms with van der Waals surface area (Å²) in [5.74, 6) is 0.409. The lowest BCUT2D eigenvalue weighted by atomic mass is 10.1. The van der Waals surface area contributed by atoms with Crippen molar-refractivity contribution >= 4 is 26.6 Å². The smallest absolute Gasteiger partial charge is 0.179 e. The van der Waals surface area contributed by atoms with Gasteiger partial charge in [0.2, 0.25) is 0 Å². The van der Waals surface area contributed by atoms with Gasteiger partial charge in [-0.2, -0.15) is 0 Å². The molecule has 0 saturated heterocycles. The number of sulfone groups is 1. The number of aromatic amines is 1. The fourth-order valence-corrected chi connectivity index (χ4v) is 3.59. The first-order chi connectivity index (χ1) is 11.0. The number of aryl methyl sites for hydroxylation is 1. The van der Waals surface area contributed by atoms with Crippen LogP contribution in [-0.2, 0) is 16.3 Å². The van der Waals surface area contributed by atoms with Gasteiger partial charge in [0.25, 0.3) is 0 Å². The normalized spacial score (nSPS) is 11.7. The maximum absolute atomic E-state index is 11.8. The molecular weight excluding hydrogens is 310 g/mol. The number of nitrogens with one attached hydrogen (secondary N) is 2. The summed E-state index contributed by atoms with van der Waals surface area (Å²) in [4.78, 5) is 7.65. The number of aromatic nitrogens is 2. The highest BCUT2D eigenvalue weighted by molar-refractivity contribution is 7.90. The quantitative estimate of drug-likeness (QED) is 0.755. The Morgan fingerprint density at radius 2 is 2.04 bits per heavy atom. The molecule has 0 spiro atoms. The maximum Gasteiger partial charge on any atom is 0.179 e. The molecule has 2 aromatic heterocycles. The summed E-state index contributed by atoms with van der Waals surface area (Å²) in [6, 6.07) is 9.38. The molecule has 23 heavy (non-hydrogen) atoms. The SMILES string of the molecule is Cc1cccc2[nH]cc(CCNc3ncccc3S(C)(=O)=O)c12. The summed E-state index contributed by atoms with van der Waals surface area (Å²) >= 11 is 0. The second kappa shape index (κ2) is 6.04. The molecule has 0 amide bonds. The standard InChI is InChI=1S/C17H19N3O2S/c1-12-5-3-6-14-16(12)13(11-20-14)8-10-19-17-15(23(2,21)22)7-4-9-18-17/h3-7,9,11,20H,8,10H2,1-2H3,(H,18,19). The number of benzene rings is 1. The van der Waals surface area contributed by atoms with Gasteiger partial charge in [-0.15, -0.1) is 0 Å². The Kier molecular flexibility index (Phi) is 4.09. The topological polar surface area (TPSA) is 74.8 Å². The largest absolute Gasteiger partial charge is 0.369 e. The zero-order chi connectivity index (χ0) is 16.4. The van der Waals surface area contributed by atoms with E-state index in [0.29, 0.717) is 12.4 Å². The monoisotopic (exact) mass is 329 g/mol. The molecule has 3 rings (SSSR count). The third kappa shape index (κ3) is 3.22. The van der Waals surface area contributed by atoms with Crippen LogP contribution in [0.2, 0.25) is 0 Å². The van der Waals surface area contributed by atoms with E-state index in [1.54, 1.807) is 18.3 Å². The van der Waals surface area contributed by atoms with Gasteiger partial charge >= 0.3 is 0 Å². The average molecular weight is 329 g/mol. The Bertz CT molecular complexity index is 945. The minimum Gasteiger partial charge on any atom is -0.369 e. The first-order valence-corrected chi connectivity index (χ1v) is 9.30. The molecule has 0 aliphatic rings. The van der Waals surface area contributed by atoms with Crippen LogP contribution in [0, 0.1) is 6.92 Å². The Morgan fingerprint density at radius 3 is 2.83 bits per heavy atom. The maximum atomic E-state index is 11.8. The number of rotatable bonds is 5. The van der Waals surface area contributed by atoms with Crippen molar-refractivity contribution in [3.05, 3.63) is 53.9 Å². The number of H-pyrrole nitrogens is 1. The predicted octanol–water partition coefficient (Wildman–Crippen LogP) is 2.93. The highest BCUT2D eigenvalue weighted by Gasteiger charge is 2.13.